The molecule has 0 rings (SSSR count). The van der Waals surface area contributed by atoms with Crippen LogP contribution in [0.4, 0.5) is 0 Å². The number of aliphatic hydroxyl groups excluding tert-OH is 1. The minimum absolute atomic E-state index is 0.191. The topological polar surface area (TPSA) is 86.6 Å². The van der Waals surface area contributed by atoms with Gasteiger partial charge >= 0.3 is 5.97 Å². The summed E-state index contributed by atoms with van der Waals surface area (Å²) in [6, 6.07) is -0.968. The summed E-state index contributed by atoms with van der Waals surface area (Å²) in [5, 5.41) is 20.0. The van der Waals surface area contributed by atoms with Crippen molar-refractivity contribution in [3.05, 3.63) is 0 Å². The van der Waals surface area contributed by atoms with E-state index in [1.807, 2.05) is 13.8 Å². The lowest BCUT2D eigenvalue weighted by molar-refractivity contribution is -0.143. The van der Waals surface area contributed by atoms with Crippen LogP contribution in [-0.4, -0.2) is 34.2 Å². The highest BCUT2D eigenvalue weighted by Gasteiger charge is 2.20. The molecule has 0 unspecified atom stereocenters. The van der Waals surface area contributed by atoms with Crippen LogP contribution in [0.25, 0.3) is 0 Å². The van der Waals surface area contributed by atoms with Crippen LogP contribution in [0, 0.1) is 5.92 Å². The predicted octanol–water partition coefficient (Wildman–Crippen LogP) is -0.0173. The summed E-state index contributed by atoms with van der Waals surface area (Å²) in [6.45, 7) is 5.09. The van der Waals surface area contributed by atoms with E-state index in [2.05, 4.69) is 5.32 Å². The van der Waals surface area contributed by atoms with Crippen molar-refractivity contribution in [1.82, 2.24) is 5.32 Å². The first-order chi connectivity index (χ1) is 6.34. The molecule has 0 saturated heterocycles. The molecule has 0 aromatic carbocycles. The van der Waals surface area contributed by atoms with Gasteiger partial charge in [-0.25, -0.2) is 0 Å². The van der Waals surface area contributed by atoms with E-state index < -0.39 is 24.0 Å². The van der Waals surface area contributed by atoms with Crippen LogP contribution in [0.5, 0.6) is 0 Å². The summed E-state index contributed by atoms with van der Waals surface area (Å²) in [6.07, 6.45) is -0.796. The number of aliphatic carboxylic acids is 1. The molecule has 0 aromatic heterocycles. The van der Waals surface area contributed by atoms with Crippen molar-refractivity contribution in [2.75, 3.05) is 0 Å². The van der Waals surface area contributed by atoms with Crippen molar-refractivity contribution in [2.24, 2.45) is 5.92 Å². The van der Waals surface area contributed by atoms with Gasteiger partial charge in [-0.05, 0) is 19.3 Å². The monoisotopic (exact) mass is 203 g/mol. The van der Waals surface area contributed by atoms with Crippen LogP contribution in [0.15, 0.2) is 0 Å². The van der Waals surface area contributed by atoms with E-state index in [1.54, 1.807) is 0 Å². The normalized spacial score (nSPS) is 14.9. The van der Waals surface area contributed by atoms with Crippen molar-refractivity contribution in [2.45, 2.75) is 39.3 Å². The van der Waals surface area contributed by atoms with Gasteiger partial charge in [0.2, 0.25) is 5.91 Å². The Kier molecular flexibility index (Phi) is 5.15. The number of carbonyl (C=O) groups excluding carboxylic acids is 1. The van der Waals surface area contributed by atoms with Crippen molar-refractivity contribution in [3.8, 4) is 0 Å². The van der Waals surface area contributed by atoms with Crippen LogP contribution in [-0.2, 0) is 9.59 Å². The molecule has 5 heteroatoms. The number of rotatable bonds is 5. The Labute approximate surface area is 83.1 Å². The summed E-state index contributed by atoms with van der Waals surface area (Å²) in [7, 11) is 0. The van der Waals surface area contributed by atoms with E-state index in [0.29, 0.717) is 6.42 Å². The quantitative estimate of drug-likeness (QED) is 0.586. The summed E-state index contributed by atoms with van der Waals surface area (Å²) >= 11 is 0. The zero-order valence-electron chi connectivity index (χ0n) is 8.65. The SMILES string of the molecule is CC(C)C[C@@H](O)C(=O)N[C@H](C)C(=O)O. The highest BCUT2D eigenvalue weighted by Crippen LogP contribution is 2.04. The van der Waals surface area contributed by atoms with Gasteiger partial charge in [-0.1, -0.05) is 13.8 Å². The zero-order chi connectivity index (χ0) is 11.3. The number of aliphatic hydroxyl groups is 1. The van der Waals surface area contributed by atoms with Crippen LogP contribution in [0.3, 0.4) is 0 Å². The van der Waals surface area contributed by atoms with Crippen LogP contribution >= 0.6 is 0 Å². The molecule has 0 aliphatic rings. The Bertz CT molecular complexity index is 215. The Hall–Kier alpha value is -1.10. The molecule has 0 spiro atoms. The molecule has 1 amide bonds. The molecular weight excluding hydrogens is 186 g/mol. The molecule has 14 heavy (non-hydrogen) atoms. The van der Waals surface area contributed by atoms with Gasteiger partial charge in [0, 0.05) is 0 Å². The number of hydrogen-bond acceptors (Lipinski definition) is 3. The van der Waals surface area contributed by atoms with Gasteiger partial charge < -0.3 is 15.5 Å². The van der Waals surface area contributed by atoms with Gasteiger partial charge in [-0.3, -0.25) is 9.59 Å². The number of hydrogen-bond donors (Lipinski definition) is 3. The third-order valence-corrected chi connectivity index (χ3v) is 1.73. The molecule has 0 aliphatic carbocycles. The lowest BCUT2D eigenvalue weighted by atomic mass is 10.1. The summed E-state index contributed by atoms with van der Waals surface area (Å²) in [4.78, 5) is 21.6. The van der Waals surface area contributed by atoms with E-state index in [1.165, 1.54) is 6.92 Å². The predicted molar refractivity (Wildman–Crippen MR) is 50.7 cm³/mol. The van der Waals surface area contributed by atoms with Crippen molar-refractivity contribution in [3.63, 3.8) is 0 Å². The molecule has 0 heterocycles. The Morgan fingerprint density at radius 1 is 1.29 bits per heavy atom. The van der Waals surface area contributed by atoms with Crippen LogP contribution in [0.2, 0.25) is 0 Å². The Morgan fingerprint density at radius 3 is 2.14 bits per heavy atom. The maximum Gasteiger partial charge on any atom is 0.325 e. The second-order valence-corrected chi connectivity index (χ2v) is 3.71. The molecule has 0 aliphatic heterocycles. The summed E-state index contributed by atoms with van der Waals surface area (Å²) in [5.74, 6) is -1.56. The molecule has 0 bridgehead atoms. The largest absolute Gasteiger partial charge is 0.480 e. The number of amides is 1. The highest BCUT2D eigenvalue weighted by atomic mass is 16.4. The average molecular weight is 203 g/mol. The molecule has 0 saturated carbocycles. The molecule has 82 valence electrons. The lowest BCUT2D eigenvalue weighted by Gasteiger charge is -2.15. The molecule has 0 radical (unpaired) electrons. The first kappa shape index (κ1) is 12.9. The van der Waals surface area contributed by atoms with Gasteiger partial charge in [0.1, 0.15) is 12.1 Å². The number of carboxylic acid groups (broad SMARTS) is 1. The van der Waals surface area contributed by atoms with Gasteiger partial charge in [0.15, 0.2) is 0 Å². The first-order valence-electron chi connectivity index (χ1n) is 4.55. The van der Waals surface area contributed by atoms with Crippen molar-refractivity contribution in [1.29, 1.82) is 0 Å². The average Bonchev–Trinajstić information content (AvgIpc) is 2.02. The number of nitrogens with one attached hydrogen (secondary N) is 1. The molecule has 5 nitrogen and oxygen atoms in total. The van der Waals surface area contributed by atoms with Crippen LogP contribution < -0.4 is 5.32 Å². The maximum absolute atomic E-state index is 11.2. The minimum atomic E-state index is -1.13. The van der Waals surface area contributed by atoms with E-state index in [0.717, 1.165) is 0 Å². The van der Waals surface area contributed by atoms with E-state index in [4.69, 9.17) is 5.11 Å². The second-order valence-electron chi connectivity index (χ2n) is 3.71. The molecule has 3 N–H and O–H groups in total. The fourth-order valence-corrected chi connectivity index (χ4v) is 0.925. The summed E-state index contributed by atoms with van der Waals surface area (Å²) in [5.41, 5.74) is 0. The Morgan fingerprint density at radius 2 is 1.79 bits per heavy atom. The van der Waals surface area contributed by atoms with Crippen molar-refractivity contribution >= 4 is 11.9 Å². The third-order valence-electron chi connectivity index (χ3n) is 1.73. The zero-order valence-corrected chi connectivity index (χ0v) is 8.65. The smallest absolute Gasteiger partial charge is 0.325 e. The third kappa shape index (κ3) is 4.81. The molecule has 0 aromatic rings. The standard InChI is InChI=1S/C9H17NO4/c1-5(2)4-7(11)8(12)10-6(3)9(13)14/h5-7,11H,4H2,1-3H3,(H,10,12)(H,13,14)/t6-,7-/m1/s1. The minimum Gasteiger partial charge on any atom is -0.480 e. The van der Waals surface area contributed by atoms with Gasteiger partial charge in [0.25, 0.3) is 0 Å². The van der Waals surface area contributed by atoms with Gasteiger partial charge in [-0.2, -0.15) is 0 Å². The molecular formula is C9H17NO4. The Balaban J connectivity index is 4.01. The van der Waals surface area contributed by atoms with Gasteiger partial charge in [-0.15, -0.1) is 0 Å². The fraction of sp³-hybridized carbons (Fsp3) is 0.778. The number of carbonyl (C=O) groups is 2. The first-order valence-corrected chi connectivity index (χ1v) is 4.55. The van der Waals surface area contributed by atoms with Crippen LogP contribution in [0.1, 0.15) is 27.2 Å². The summed E-state index contributed by atoms with van der Waals surface area (Å²) < 4.78 is 0. The number of carboxylic acids is 1. The molecule has 2 atom stereocenters. The van der Waals surface area contributed by atoms with E-state index in [9.17, 15) is 14.7 Å². The second kappa shape index (κ2) is 5.59. The fourth-order valence-electron chi connectivity index (χ4n) is 0.925. The van der Waals surface area contributed by atoms with E-state index >= 15 is 0 Å². The maximum atomic E-state index is 11.2. The van der Waals surface area contributed by atoms with Gasteiger partial charge in [0.05, 0.1) is 0 Å². The van der Waals surface area contributed by atoms with Crippen molar-refractivity contribution < 1.29 is 19.8 Å². The highest BCUT2D eigenvalue weighted by molar-refractivity contribution is 5.85. The van der Waals surface area contributed by atoms with E-state index in [-0.39, 0.29) is 5.92 Å². The lowest BCUT2D eigenvalue weighted by Crippen LogP contribution is -2.44. The molecule has 0 fully saturated rings.